The van der Waals surface area contributed by atoms with E-state index in [9.17, 15) is 9.59 Å². The zero-order chi connectivity index (χ0) is 13.1. The molecular formula is C12H22N2O3. The molecule has 5 nitrogen and oxygen atoms in total. The van der Waals surface area contributed by atoms with Crippen molar-refractivity contribution in [2.45, 2.75) is 32.7 Å². The molecule has 1 aliphatic heterocycles. The third-order valence-corrected chi connectivity index (χ3v) is 3.23. The van der Waals surface area contributed by atoms with Crippen molar-refractivity contribution in [3.05, 3.63) is 0 Å². The van der Waals surface area contributed by atoms with Crippen LogP contribution in [0.4, 0.5) is 0 Å². The van der Waals surface area contributed by atoms with Gasteiger partial charge in [0.15, 0.2) is 0 Å². The van der Waals surface area contributed by atoms with E-state index in [1.54, 1.807) is 11.9 Å². The molecule has 17 heavy (non-hydrogen) atoms. The minimum Gasteiger partial charge on any atom is -0.468 e. The number of nitrogens with one attached hydrogen (secondary N) is 1. The van der Waals surface area contributed by atoms with Crippen LogP contribution in [0.15, 0.2) is 0 Å². The summed E-state index contributed by atoms with van der Waals surface area (Å²) in [5.74, 6) is -0.380. The molecule has 0 radical (unpaired) electrons. The number of nitrogens with zero attached hydrogens (tertiary/aromatic N) is 1. The molecule has 1 heterocycles. The van der Waals surface area contributed by atoms with E-state index in [0.717, 1.165) is 12.8 Å². The van der Waals surface area contributed by atoms with E-state index in [4.69, 9.17) is 0 Å². The lowest BCUT2D eigenvalue weighted by Crippen LogP contribution is -2.47. The zero-order valence-corrected chi connectivity index (χ0v) is 11.1. The number of amides is 1. The van der Waals surface area contributed by atoms with Crippen molar-refractivity contribution >= 4 is 11.9 Å². The van der Waals surface area contributed by atoms with E-state index in [0.29, 0.717) is 6.54 Å². The fourth-order valence-electron chi connectivity index (χ4n) is 2.17. The Morgan fingerprint density at radius 2 is 2.24 bits per heavy atom. The Kier molecular flexibility index (Phi) is 4.51. The van der Waals surface area contributed by atoms with Gasteiger partial charge < -0.3 is 15.0 Å². The standard InChI is InChI=1S/C12H22N2O3/c1-12(2)6-5-9(13-3)11(16)14(8-12)7-10(15)17-4/h9,13H,5-8H2,1-4H3. The average molecular weight is 242 g/mol. The fourth-order valence-corrected chi connectivity index (χ4v) is 2.17. The predicted octanol–water partition coefficient (Wildman–Crippen LogP) is 0.396. The molecule has 0 spiro atoms. The Hall–Kier alpha value is -1.10. The van der Waals surface area contributed by atoms with Gasteiger partial charge in [-0.2, -0.15) is 0 Å². The van der Waals surface area contributed by atoms with Gasteiger partial charge in [-0.05, 0) is 25.3 Å². The first-order chi connectivity index (χ1) is 7.89. The van der Waals surface area contributed by atoms with Gasteiger partial charge in [0.25, 0.3) is 0 Å². The third kappa shape index (κ3) is 3.70. The number of carbonyl (C=O) groups excluding carboxylic acids is 2. The highest BCUT2D eigenvalue weighted by Crippen LogP contribution is 2.28. The summed E-state index contributed by atoms with van der Waals surface area (Å²) in [7, 11) is 3.11. The molecule has 0 aromatic heterocycles. The van der Waals surface area contributed by atoms with E-state index in [1.165, 1.54) is 7.11 Å². The lowest BCUT2D eigenvalue weighted by Gasteiger charge is -2.29. The Bertz CT molecular complexity index is 302. The van der Waals surface area contributed by atoms with Gasteiger partial charge in [-0.25, -0.2) is 0 Å². The topological polar surface area (TPSA) is 58.6 Å². The van der Waals surface area contributed by atoms with Crippen molar-refractivity contribution < 1.29 is 14.3 Å². The Balaban J connectivity index is 2.81. The summed E-state index contributed by atoms with van der Waals surface area (Å²) < 4.78 is 4.63. The largest absolute Gasteiger partial charge is 0.468 e. The van der Waals surface area contributed by atoms with Crippen molar-refractivity contribution in [1.82, 2.24) is 10.2 Å². The molecule has 1 amide bonds. The van der Waals surface area contributed by atoms with Gasteiger partial charge in [0, 0.05) is 6.54 Å². The number of likely N-dealkylation sites (tertiary alicyclic amines) is 1. The molecule has 0 aromatic rings. The number of ether oxygens (including phenoxy) is 1. The molecule has 1 N–H and O–H groups in total. The molecule has 98 valence electrons. The Morgan fingerprint density at radius 1 is 1.59 bits per heavy atom. The van der Waals surface area contributed by atoms with Crippen molar-refractivity contribution in [3.63, 3.8) is 0 Å². The van der Waals surface area contributed by atoms with E-state index in [1.807, 2.05) is 0 Å². The average Bonchev–Trinajstić information content (AvgIpc) is 2.37. The van der Waals surface area contributed by atoms with Crippen molar-refractivity contribution in [3.8, 4) is 0 Å². The van der Waals surface area contributed by atoms with Crippen molar-refractivity contribution in [1.29, 1.82) is 0 Å². The quantitative estimate of drug-likeness (QED) is 0.728. The van der Waals surface area contributed by atoms with E-state index in [2.05, 4.69) is 23.9 Å². The molecule has 0 aliphatic carbocycles. The first kappa shape index (κ1) is 14.0. The molecular weight excluding hydrogens is 220 g/mol. The van der Waals surface area contributed by atoms with E-state index in [-0.39, 0.29) is 29.9 Å². The van der Waals surface area contributed by atoms with Crippen LogP contribution in [0.5, 0.6) is 0 Å². The SMILES string of the molecule is CNC1CCC(C)(C)CN(CC(=O)OC)C1=O. The summed E-state index contributed by atoms with van der Waals surface area (Å²) in [4.78, 5) is 25.1. The maximum atomic E-state index is 12.2. The summed E-state index contributed by atoms with van der Waals surface area (Å²) in [6, 6.07) is -0.193. The van der Waals surface area contributed by atoms with Gasteiger partial charge in [0.2, 0.25) is 5.91 Å². The number of hydrogen-bond donors (Lipinski definition) is 1. The molecule has 0 saturated carbocycles. The number of esters is 1. The van der Waals surface area contributed by atoms with Crippen LogP contribution in [0, 0.1) is 5.41 Å². The highest BCUT2D eigenvalue weighted by molar-refractivity contribution is 5.86. The van der Waals surface area contributed by atoms with Crippen molar-refractivity contribution in [2.75, 3.05) is 27.2 Å². The Labute approximate surface area is 102 Å². The number of methoxy groups -OCH3 is 1. The normalized spacial score (nSPS) is 24.4. The molecule has 1 unspecified atom stereocenters. The lowest BCUT2D eigenvalue weighted by molar-refractivity contribution is -0.148. The molecule has 1 aliphatic rings. The summed E-state index contributed by atoms with van der Waals surface area (Å²) in [5.41, 5.74) is 0.0370. The molecule has 1 atom stereocenters. The second kappa shape index (κ2) is 5.49. The highest BCUT2D eigenvalue weighted by Gasteiger charge is 2.34. The van der Waals surface area contributed by atoms with E-state index >= 15 is 0 Å². The van der Waals surface area contributed by atoms with Crippen LogP contribution >= 0.6 is 0 Å². The van der Waals surface area contributed by atoms with Gasteiger partial charge in [-0.15, -0.1) is 0 Å². The van der Waals surface area contributed by atoms with Crippen LogP contribution < -0.4 is 5.32 Å². The first-order valence-electron chi connectivity index (χ1n) is 5.92. The molecule has 1 saturated heterocycles. The fraction of sp³-hybridized carbons (Fsp3) is 0.833. The second-order valence-corrected chi connectivity index (χ2v) is 5.31. The molecule has 5 heteroatoms. The summed E-state index contributed by atoms with van der Waals surface area (Å²) in [6.07, 6.45) is 1.77. The molecule has 1 fully saturated rings. The lowest BCUT2D eigenvalue weighted by atomic mass is 9.87. The van der Waals surface area contributed by atoms with Crippen LogP contribution in [0.25, 0.3) is 0 Å². The van der Waals surface area contributed by atoms with Gasteiger partial charge >= 0.3 is 5.97 Å². The number of likely N-dealkylation sites (N-methyl/N-ethyl adjacent to an activating group) is 1. The summed E-state index contributed by atoms with van der Waals surface area (Å²) >= 11 is 0. The smallest absolute Gasteiger partial charge is 0.325 e. The van der Waals surface area contributed by atoms with E-state index < -0.39 is 0 Å². The van der Waals surface area contributed by atoms with Gasteiger partial charge in [-0.1, -0.05) is 13.8 Å². The Morgan fingerprint density at radius 3 is 2.76 bits per heavy atom. The minimum atomic E-state index is -0.370. The van der Waals surface area contributed by atoms with Crippen LogP contribution in [-0.4, -0.2) is 50.1 Å². The highest BCUT2D eigenvalue weighted by atomic mass is 16.5. The summed E-state index contributed by atoms with van der Waals surface area (Å²) in [5, 5.41) is 3.01. The van der Waals surface area contributed by atoms with Crippen LogP contribution in [0.3, 0.4) is 0 Å². The van der Waals surface area contributed by atoms with Gasteiger partial charge in [-0.3, -0.25) is 9.59 Å². The van der Waals surface area contributed by atoms with Gasteiger partial charge in [0.1, 0.15) is 6.54 Å². The minimum absolute atomic E-state index is 0.0107. The van der Waals surface area contributed by atoms with Crippen molar-refractivity contribution in [2.24, 2.45) is 5.41 Å². The maximum absolute atomic E-state index is 12.2. The first-order valence-corrected chi connectivity index (χ1v) is 5.92. The van der Waals surface area contributed by atoms with Crippen LogP contribution in [0.2, 0.25) is 0 Å². The van der Waals surface area contributed by atoms with Crippen LogP contribution in [-0.2, 0) is 14.3 Å². The third-order valence-electron chi connectivity index (χ3n) is 3.23. The number of hydrogen-bond acceptors (Lipinski definition) is 4. The van der Waals surface area contributed by atoms with Crippen LogP contribution in [0.1, 0.15) is 26.7 Å². The molecule has 0 aromatic carbocycles. The van der Waals surface area contributed by atoms with Gasteiger partial charge in [0.05, 0.1) is 13.2 Å². The number of carbonyl (C=O) groups is 2. The number of rotatable bonds is 3. The monoisotopic (exact) mass is 242 g/mol. The summed E-state index contributed by atoms with van der Waals surface area (Å²) in [6.45, 7) is 4.86. The molecule has 1 rings (SSSR count). The predicted molar refractivity (Wildman–Crippen MR) is 64.5 cm³/mol. The maximum Gasteiger partial charge on any atom is 0.325 e. The molecule has 0 bridgehead atoms. The second-order valence-electron chi connectivity index (χ2n) is 5.31. The zero-order valence-electron chi connectivity index (χ0n) is 11.1.